The largest absolute Gasteiger partial charge is 0.395 e. The van der Waals surface area contributed by atoms with Crippen molar-refractivity contribution in [2.24, 2.45) is 0 Å². The summed E-state index contributed by atoms with van der Waals surface area (Å²) in [5, 5.41) is 20.0. The molecule has 6 nitrogen and oxygen atoms in total. The van der Waals surface area contributed by atoms with E-state index in [0.29, 0.717) is 0 Å². The van der Waals surface area contributed by atoms with Gasteiger partial charge in [-0.2, -0.15) is 0 Å². The second-order valence-corrected chi connectivity index (χ2v) is 8.47. The smallest absolute Gasteiger partial charge is 0.244 e. The van der Waals surface area contributed by atoms with Crippen molar-refractivity contribution in [2.45, 2.75) is 36.0 Å². The number of hydrogen-bond donors (Lipinski definition) is 2. The Bertz CT molecular complexity index is 1010. The van der Waals surface area contributed by atoms with Gasteiger partial charge in [0.15, 0.2) is 5.65 Å². The summed E-state index contributed by atoms with van der Waals surface area (Å²) in [4.78, 5) is 13.9. The molecule has 0 unspecified atom stereocenters. The quantitative estimate of drug-likeness (QED) is 0.625. The fourth-order valence-electron chi connectivity index (χ4n) is 2.68. The maximum atomic E-state index is 11.8. The first kappa shape index (κ1) is 20.1. The number of aliphatic hydroxyl groups excluding tert-OH is 1. The molecule has 2 heterocycles. The third kappa shape index (κ3) is 4.79. The minimum Gasteiger partial charge on any atom is -0.395 e. The van der Waals surface area contributed by atoms with Gasteiger partial charge in [0.05, 0.1) is 6.61 Å². The van der Waals surface area contributed by atoms with Crippen molar-refractivity contribution in [3.05, 3.63) is 60.1 Å². The summed E-state index contributed by atoms with van der Waals surface area (Å²) in [5.41, 5.74) is 1.67. The number of rotatable bonds is 6. The highest BCUT2D eigenvalue weighted by Gasteiger charge is 2.21. The van der Waals surface area contributed by atoms with E-state index in [1.807, 2.05) is 40.8 Å². The van der Waals surface area contributed by atoms with Crippen LogP contribution in [0.15, 0.2) is 58.5 Å². The number of aromatic nitrogens is 3. The highest BCUT2D eigenvalue weighted by Crippen LogP contribution is 2.32. The second-order valence-electron chi connectivity index (χ2n) is 7.35. The van der Waals surface area contributed by atoms with Gasteiger partial charge in [0, 0.05) is 34.0 Å². The third-order valence-corrected chi connectivity index (χ3v) is 5.09. The molecule has 3 aromatic rings. The normalized spacial score (nSPS) is 12.0. The minimum atomic E-state index is -0.227. The molecule has 146 valence electrons. The maximum Gasteiger partial charge on any atom is 0.244 e. The minimum absolute atomic E-state index is 0.0752. The zero-order chi connectivity index (χ0) is 20.1. The van der Waals surface area contributed by atoms with Gasteiger partial charge in [0.25, 0.3) is 0 Å². The van der Waals surface area contributed by atoms with Gasteiger partial charge in [-0.3, -0.25) is 9.20 Å². The molecule has 0 aliphatic carbocycles. The van der Waals surface area contributed by atoms with Gasteiger partial charge in [-0.1, -0.05) is 50.7 Å². The highest BCUT2D eigenvalue weighted by molar-refractivity contribution is 7.99. The molecule has 0 atom stereocenters. The van der Waals surface area contributed by atoms with Crippen molar-refractivity contribution in [3.8, 4) is 0 Å². The predicted octanol–water partition coefficient (Wildman–Crippen LogP) is 3.30. The van der Waals surface area contributed by atoms with Crippen molar-refractivity contribution in [3.63, 3.8) is 0 Å². The number of aliphatic hydroxyl groups is 1. The number of hydrogen-bond acceptors (Lipinski definition) is 5. The van der Waals surface area contributed by atoms with Crippen molar-refractivity contribution >= 4 is 29.4 Å². The van der Waals surface area contributed by atoms with E-state index in [1.54, 1.807) is 17.8 Å². The molecule has 0 bridgehead atoms. The third-order valence-electron chi connectivity index (χ3n) is 4.02. The van der Waals surface area contributed by atoms with Crippen LogP contribution in [0.4, 0.5) is 0 Å². The predicted molar refractivity (Wildman–Crippen MR) is 111 cm³/mol. The van der Waals surface area contributed by atoms with E-state index < -0.39 is 0 Å². The summed E-state index contributed by atoms with van der Waals surface area (Å²) in [5.74, 6) is 0.688. The Morgan fingerprint density at radius 1 is 1.21 bits per heavy atom. The van der Waals surface area contributed by atoms with Crippen LogP contribution in [-0.2, 0) is 10.2 Å². The van der Waals surface area contributed by atoms with Crippen molar-refractivity contribution in [2.75, 3.05) is 13.2 Å². The molecule has 7 heteroatoms. The summed E-state index contributed by atoms with van der Waals surface area (Å²) in [6.07, 6.45) is 5.32. The molecule has 0 radical (unpaired) electrons. The zero-order valence-corrected chi connectivity index (χ0v) is 17.0. The first-order valence-electron chi connectivity index (χ1n) is 9.07. The molecule has 0 saturated heterocycles. The SMILES string of the molecule is CC(C)(C)c1nnc2ccc(Sc3ccccc3/C=C/C(=O)NCCO)cn12. The Morgan fingerprint density at radius 3 is 2.75 bits per heavy atom. The number of fused-ring (bicyclic) bond motifs is 1. The summed E-state index contributed by atoms with van der Waals surface area (Å²) < 4.78 is 2.03. The van der Waals surface area contributed by atoms with Gasteiger partial charge in [0.1, 0.15) is 5.82 Å². The molecule has 1 aromatic carbocycles. The van der Waals surface area contributed by atoms with Crippen LogP contribution in [0.2, 0.25) is 0 Å². The van der Waals surface area contributed by atoms with Gasteiger partial charge in [-0.25, -0.2) is 0 Å². The van der Waals surface area contributed by atoms with Crippen LogP contribution in [0.1, 0.15) is 32.2 Å². The molecule has 0 aliphatic heterocycles. The number of carbonyl (C=O) groups is 1. The maximum absolute atomic E-state index is 11.8. The summed E-state index contributed by atoms with van der Waals surface area (Å²) in [6, 6.07) is 11.9. The van der Waals surface area contributed by atoms with E-state index in [4.69, 9.17) is 5.11 Å². The van der Waals surface area contributed by atoms with Crippen LogP contribution in [0.3, 0.4) is 0 Å². The van der Waals surface area contributed by atoms with Crippen molar-refractivity contribution < 1.29 is 9.90 Å². The van der Waals surface area contributed by atoms with Crippen molar-refractivity contribution in [1.29, 1.82) is 0 Å². The topological polar surface area (TPSA) is 79.5 Å². The van der Waals surface area contributed by atoms with E-state index in [2.05, 4.69) is 42.5 Å². The molecule has 0 aliphatic rings. The Hall–Kier alpha value is -2.64. The van der Waals surface area contributed by atoms with E-state index in [9.17, 15) is 4.79 Å². The van der Waals surface area contributed by atoms with Crippen LogP contribution in [0, 0.1) is 0 Å². The first-order valence-corrected chi connectivity index (χ1v) is 9.89. The molecule has 0 saturated carbocycles. The fraction of sp³-hybridized carbons (Fsp3) is 0.286. The number of nitrogens with one attached hydrogen (secondary N) is 1. The number of nitrogens with zero attached hydrogens (tertiary/aromatic N) is 3. The van der Waals surface area contributed by atoms with Gasteiger partial charge < -0.3 is 10.4 Å². The number of carbonyl (C=O) groups excluding carboxylic acids is 1. The molecule has 3 rings (SSSR count). The van der Waals surface area contributed by atoms with Gasteiger partial charge in [-0.05, 0) is 29.8 Å². The Labute approximate surface area is 168 Å². The lowest BCUT2D eigenvalue weighted by Crippen LogP contribution is -2.24. The van der Waals surface area contributed by atoms with Crippen LogP contribution in [-0.4, -0.2) is 38.8 Å². The molecule has 2 N–H and O–H groups in total. The molecular weight excluding hydrogens is 372 g/mol. The van der Waals surface area contributed by atoms with E-state index >= 15 is 0 Å². The van der Waals surface area contributed by atoms with E-state index in [-0.39, 0.29) is 24.5 Å². The van der Waals surface area contributed by atoms with Crippen LogP contribution in [0.25, 0.3) is 11.7 Å². The van der Waals surface area contributed by atoms with Crippen LogP contribution < -0.4 is 5.32 Å². The number of benzene rings is 1. The van der Waals surface area contributed by atoms with Gasteiger partial charge in [0.2, 0.25) is 5.91 Å². The van der Waals surface area contributed by atoms with Gasteiger partial charge >= 0.3 is 0 Å². The number of amides is 1. The lowest BCUT2D eigenvalue weighted by molar-refractivity contribution is -0.116. The average molecular weight is 397 g/mol. The zero-order valence-electron chi connectivity index (χ0n) is 16.2. The average Bonchev–Trinajstić information content (AvgIpc) is 3.09. The molecule has 1 amide bonds. The second kappa shape index (κ2) is 8.58. The lowest BCUT2D eigenvalue weighted by atomic mass is 9.96. The van der Waals surface area contributed by atoms with E-state index in [1.165, 1.54) is 6.08 Å². The first-order chi connectivity index (χ1) is 13.4. The lowest BCUT2D eigenvalue weighted by Gasteiger charge is -2.16. The molecule has 28 heavy (non-hydrogen) atoms. The summed E-state index contributed by atoms with van der Waals surface area (Å²) >= 11 is 1.62. The Morgan fingerprint density at radius 2 is 2.00 bits per heavy atom. The number of pyridine rings is 1. The fourth-order valence-corrected chi connectivity index (χ4v) is 3.63. The summed E-state index contributed by atoms with van der Waals surface area (Å²) in [6.45, 7) is 6.52. The standard InChI is InChI=1S/C21H24N4O2S/c1-21(2,3)20-24-23-18-10-9-16(14-25(18)20)28-17-7-5-4-6-15(17)8-11-19(27)22-12-13-26/h4-11,14,26H,12-13H2,1-3H3,(H,22,27)/b11-8+. The molecule has 0 spiro atoms. The molecule has 0 fully saturated rings. The van der Waals surface area contributed by atoms with Crippen molar-refractivity contribution in [1.82, 2.24) is 19.9 Å². The van der Waals surface area contributed by atoms with Crippen LogP contribution in [0.5, 0.6) is 0 Å². The van der Waals surface area contributed by atoms with E-state index in [0.717, 1.165) is 26.8 Å². The highest BCUT2D eigenvalue weighted by atomic mass is 32.2. The Kier molecular flexibility index (Phi) is 6.16. The molecule has 2 aromatic heterocycles. The molecular formula is C21H24N4O2S. The van der Waals surface area contributed by atoms with Crippen LogP contribution >= 0.6 is 11.8 Å². The Balaban J connectivity index is 1.86. The monoisotopic (exact) mass is 396 g/mol. The van der Waals surface area contributed by atoms with Gasteiger partial charge in [-0.15, -0.1) is 10.2 Å². The summed E-state index contributed by atoms with van der Waals surface area (Å²) in [7, 11) is 0.